The molecule has 118 valence electrons. The third kappa shape index (κ3) is 5.57. The smallest absolute Gasteiger partial charge is 0.376 e. The van der Waals surface area contributed by atoms with Crippen molar-refractivity contribution >= 4 is 27.5 Å². The number of hydrogen-bond acceptors (Lipinski definition) is 2. The first-order valence-electron chi connectivity index (χ1n) is 6.67. The summed E-state index contributed by atoms with van der Waals surface area (Å²) in [6, 6.07) is 3.87. The molecule has 0 aliphatic heterocycles. The summed E-state index contributed by atoms with van der Waals surface area (Å²) in [6.45, 7) is 3.87. The van der Waals surface area contributed by atoms with Crippen LogP contribution in [0.5, 0.6) is 0 Å². The molecule has 0 bridgehead atoms. The van der Waals surface area contributed by atoms with Crippen molar-refractivity contribution in [3.8, 4) is 0 Å². The molecular formula is C14H18BrF3N2O. The van der Waals surface area contributed by atoms with Crippen LogP contribution in [0.3, 0.4) is 0 Å². The Morgan fingerprint density at radius 2 is 1.90 bits per heavy atom. The van der Waals surface area contributed by atoms with Crippen molar-refractivity contribution in [2.24, 2.45) is 0 Å². The number of carbonyl (C=O) groups is 1. The zero-order chi connectivity index (χ0) is 16.0. The summed E-state index contributed by atoms with van der Waals surface area (Å²) in [5.74, 6) is -0.236. The summed E-state index contributed by atoms with van der Waals surface area (Å²) < 4.78 is 38.2. The fourth-order valence-corrected chi connectivity index (χ4v) is 2.28. The number of alkyl halides is 3. The molecule has 1 rings (SSSR count). The van der Waals surface area contributed by atoms with E-state index in [1.165, 1.54) is 12.1 Å². The zero-order valence-corrected chi connectivity index (χ0v) is 13.4. The monoisotopic (exact) mass is 366 g/mol. The molecule has 1 aromatic rings. The Balaban J connectivity index is 2.66. The Morgan fingerprint density at radius 1 is 1.29 bits per heavy atom. The van der Waals surface area contributed by atoms with Gasteiger partial charge in [-0.3, -0.25) is 4.79 Å². The minimum absolute atomic E-state index is 0.0259. The van der Waals surface area contributed by atoms with E-state index in [0.717, 1.165) is 18.9 Å². The first-order valence-corrected chi connectivity index (χ1v) is 7.47. The number of nitrogens with one attached hydrogen (secondary N) is 2. The van der Waals surface area contributed by atoms with Crippen LogP contribution in [-0.4, -0.2) is 18.5 Å². The maximum absolute atomic E-state index is 12.8. The minimum atomic E-state index is -4.44. The standard InChI is InChI=1S/C14H18BrF3N2O/c1-3-9(4-2)20-13(21)8-19-10-5-6-12(15)11(7-10)14(16,17)18/h5-7,9,19H,3-4,8H2,1-2H3,(H,20,21). The summed E-state index contributed by atoms with van der Waals surface area (Å²) in [5.41, 5.74) is -0.516. The van der Waals surface area contributed by atoms with Gasteiger partial charge in [-0.05, 0) is 31.0 Å². The normalized spacial score (nSPS) is 11.6. The van der Waals surface area contributed by atoms with Crippen LogP contribution in [0.4, 0.5) is 18.9 Å². The van der Waals surface area contributed by atoms with Crippen LogP contribution in [0, 0.1) is 0 Å². The molecule has 1 aromatic carbocycles. The molecule has 0 heterocycles. The van der Waals surface area contributed by atoms with Gasteiger partial charge in [-0.1, -0.05) is 29.8 Å². The van der Waals surface area contributed by atoms with Gasteiger partial charge >= 0.3 is 6.18 Å². The summed E-state index contributed by atoms with van der Waals surface area (Å²) >= 11 is 2.87. The van der Waals surface area contributed by atoms with Crippen LogP contribution < -0.4 is 10.6 Å². The molecule has 0 atom stereocenters. The molecule has 0 aliphatic rings. The van der Waals surface area contributed by atoms with Crippen molar-refractivity contribution in [2.75, 3.05) is 11.9 Å². The maximum Gasteiger partial charge on any atom is 0.417 e. The Labute approximate surface area is 130 Å². The quantitative estimate of drug-likeness (QED) is 0.792. The van der Waals surface area contributed by atoms with Gasteiger partial charge < -0.3 is 10.6 Å². The second-order valence-electron chi connectivity index (χ2n) is 4.63. The topological polar surface area (TPSA) is 41.1 Å². The Kier molecular flexibility index (Phi) is 6.51. The van der Waals surface area contributed by atoms with Crippen molar-refractivity contribution in [1.29, 1.82) is 0 Å². The largest absolute Gasteiger partial charge is 0.417 e. The van der Waals surface area contributed by atoms with Crippen molar-refractivity contribution in [2.45, 2.75) is 38.9 Å². The molecule has 0 saturated heterocycles. The van der Waals surface area contributed by atoms with E-state index in [4.69, 9.17) is 0 Å². The van der Waals surface area contributed by atoms with Gasteiger partial charge in [0.05, 0.1) is 12.1 Å². The van der Waals surface area contributed by atoms with E-state index in [9.17, 15) is 18.0 Å². The zero-order valence-electron chi connectivity index (χ0n) is 11.9. The molecule has 0 aromatic heterocycles. The first-order chi connectivity index (χ1) is 9.77. The Morgan fingerprint density at radius 3 is 2.43 bits per heavy atom. The van der Waals surface area contributed by atoms with E-state index in [-0.39, 0.29) is 28.7 Å². The second-order valence-corrected chi connectivity index (χ2v) is 5.48. The van der Waals surface area contributed by atoms with Crippen LogP contribution in [-0.2, 0) is 11.0 Å². The van der Waals surface area contributed by atoms with Crippen LogP contribution >= 0.6 is 15.9 Å². The summed E-state index contributed by atoms with van der Waals surface area (Å²) in [6.07, 6.45) is -2.80. The van der Waals surface area contributed by atoms with Gasteiger partial charge in [0.25, 0.3) is 0 Å². The number of amides is 1. The average Bonchev–Trinajstić information content (AvgIpc) is 2.42. The predicted octanol–water partition coefficient (Wildman–Crippen LogP) is 4.18. The lowest BCUT2D eigenvalue weighted by molar-refractivity contribution is -0.138. The van der Waals surface area contributed by atoms with E-state index in [2.05, 4.69) is 26.6 Å². The highest BCUT2D eigenvalue weighted by atomic mass is 79.9. The predicted molar refractivity (Wildman–Crippen MR) is 80.1 cm³/mol. The fourth-order valence-electron chi connectivity index (χ4n) is 1.81. The number of carbonyl (C=O) groups excluding carboxylic acids is 1. The summed E-state index contributed by atoms with van der Waals surface area (Å²) in [5, 5.41) is 5.51. The lowest BCUT2D eigenvalue weighted by Crippen LogP contribution is -2.37. The highest BCUT2D eigenvalue weighted by Gasteiger charge is 2.33. The SMILES string of the molecule is CCC(CC)NC(=O)CNc1ccc(Br)c(C(F)(F)F)c1. The van der Waals surface area contributed by atoms with Gasteiger partial charge in [-0.15, -0.1) is 0 Å². The number of benzene rings is 1. The maximum atomic E-state index is 12.8. The molecule has 0 radical (unpaired) electrons. The highest BCUT2D eigenvalue weighted by Crippen LogP contribution is 2.36. The van der Waals surface area contributed by atoms with Gasteiger partial charge in [-0.2, -0.15) is 13.2 Å². The lowest BCUT2D eigenvalue weighted by Gasteiger charge is -2.16. The van der Waals surface area contributed by atoms with Crippen LogP contribution in [0.15, 0.2) is 22.7 Å². The van der Waals surface area contributed by atoms with E-state index in [1.54, 1.807) is 0 Å². The molecular weight excluding hydrogens is 349 g/mol. The highest BCUT2D eigenvalue weighted by molar-refractivity contribution is 9.10. The van der Waals surface area contributed by atoms with Crippen molar-refractivity contribution in [3.63, 3.8) is 0 Å². The Hall–Kier alpha value is -1.24. The van der Waals surface area contributed by atoms with Gasteiger partial charge in [0, 0.05) is 16.2 Å². The Bertz CT molecular complexity index is 488. The molecule has 0 aliphatic carbocycles. The third-order valence-corrected chi connectivity index (χ3v) is 3.77. The minimum Gasteiger partial charge on any atom is -0.376 e. The van der Waals surface area contributed by atoms with Crippen LogP contribution in [0.2, 0.25) is 0 Å². The van der Waals surface area contributed by atoms with Crippen molar-refractivity contribution in [3.05, 3.63) is 28.2 Å². The first kappa shape index (κ1) is 17.8. The molecule has 0 fully saturated rings. The van der Waals surface area contributed by atoms with Crippen molar-refractivity contribution in [1.82, 2.24) is 5.32 Å². The molecule has 2 N–H and O–H groups in total. The molecule has 3 nitrogen and oxygen atoms in total. The van der Waals surface area contributed by atoms with Crippen LogP contribution in [0.1, 0.15) is 32.3 Å². The van der Waals surface area contributed by atoms with E-state index < -0.39 is 11.7 Å². The summed E-state index contributed by atoms with van der Waals surface area (Å²) in [7, 11) is 0. The number of halogens is 4. The molecule has 1 amide bonds. The van der Waals surface area contributed by atoms with Gasteiger partial charge in [-0.25, -0.2) is 0 Å². The number of hydrogen-bond donors (Lipinski definition) is 2. The van der Waals surface area contributed by atoms with Crippen LogP contribution in [0.25, 0.3) is 0 Å². The molecule has 0 saturated carbocycles. The van der Waals surface area contributed by atoms with E-state index in [1.807, 2.05) is 13.8 Å². The number of anilines is 1. The molecule has 0 unspecified atom stereocenters. The van der Waals surface area contributed by atoms with Gasteiger partial charge in [0.15, 0.2) is 0 Å². The third-order valence-electron chi connectivity index (χ3n) is 3.08. The van der Waals surface area contributed by atoms with E-state index in [0.29, 0.717) is 0 Å². The second kappa shape index (κ2) is 7.68. The van der Waals surface area contributed by atoms with Gasteiger partial charge in [0.2, 0.25) is 5.91 Å². The van der Waals surface area contributed by atoms with E-state index >= 15 is 0 Å². The number of rotatable bonds is 6. The molecule has 21 heavy (non-hydrogen) atoms. The summed E-state index contributed by atoms with van der Waals surface area (Å²) in [4.78, 5) is 11.7. The average molecular weight is 367 g/mol. The lowest BCUT2D eigenvalue weighted by atomic mass is 10.1. The van der Waals surface area contributed by atoms with Gasteiger partial charge in [0.1, 0.15) is 0 Å². The molecule has 7 heteroatoms. The fraction of sp³-hybridized carbons (Fsp3) is 0.500. The van der Waals surface area contributed by atoms with Crippen molar-refractivity contribution < 1.29 is 18.0 Å². The molecule has 0 spiro atoms.